The van der Waals surface area contributed by atoms with Crippen molar-refractivity contribution in [1.82, 2.24) is 14.5 Å². The summed E-state index contributed by atoms with van der Waals surface area (Å²) in [7, 11) is 0. The number of aromatic nitrogens is 2. The highest BCUT2D eigenvalue weighted by Crippen LogP contribution is 2.33. The molecule has 0 fully saturated rings. The third-order valence-electron chi connectivity index (χ3n) is 6.82. The van der Waals surface area contributed by atoms with Crippen LogP contribution in [0.1, 0.15) is 52.1 Å². The second-order valence-corrected chi connectivity index (χ2v) is 11.0. The molecule has 0 unspecified atom stereocenters. The lowest BCUT2D eigenvalue weighted by atomic mass is 9.99. The highest BCUT2D eigenvalue weighted by atomic mass is 32.1. The third-order valence-corrected chi connectivity index (χ3v) is 7.75. The van der Waals surface area contributed by atoms with Crippen LogP contribution in [0.3, 0.4) is 0 Å². The number of rotatable bonds is 8. The molecule has 0 saturated carbocycles. The van der Waals surface area contributed by atoms with Crippen molar-refractivity contribution in [3.63, 3.8) is 0 Å². The Bertz CT molecular complexity index is 1810. The van der Waals surface area contributed by atoms with Gasteiger partial charge in [0.2, 0.25) is 5.58 Å². The first kappa shape index (κ1) is 27.2. The van der Waals surface area contributed by atoms with Crippen molar-refractivity contribution in [2.45, 2.75) is 33.4 Å². The predicted octanol–water partition coefficient (Wildman–Crippen LogP) is 5.37. The monoisotopic (exact) mass is 557 g/mol. The molecule has 0 radical (unpaired) electrons. The number of nitrogens with zero attached hydrogens (tertiary/aromatic N) is 4. The first-order chi connectivity index (χ1) is 19.2. The fraction of sp³-hybridized carbons (Fsp3) is 0.267. The summed E-state index contributed by atoms with van der Waals surface area (Å²) >= 11 is 1.35. The van der Waals surface area contributed by atoms with Crippen molar-refractivity contribution in [3.05, 3.63) is 97.5 Å². The van der Waals surface area contributed by atoms with Crippen molar-refractivity contribution in [2.24, 2.45) is 11.7 Å². The third kappa shape index (κ3) is 5.01. The Balaban J connectivity index is 1.76. The number of hydrogen-bond donors (Lipinski definition) is 1. The zero-order valence-corrected chi connectivity index (χ0v) is 23.2. The van der Waals surface area contributed by atoms with Crippen LogP contribution < -0.4 is 11.3 Å². The molecule has 1 atom stereocenters. The van der Waals surface area contributed by atoms with E-state index in [0.29, 0.717) is 27.9 Å². The first-order valence-electron chi connectivity index (χ1n) is 12.9. The quantitative estimate of drug-likeness (QED) is 0.274. The first-order valence-corrected chi connectivity index (χ1v) is 13.8. The van der Waals surface area contributed by atoms with E-state index in [1.807, 2.05) is 32.9 Å². The minimum atomic E-state index is -0.650. The maximum Gasteiger partial charge on any atom is 0.297 e. The smallest absolute Gasteiger partial charge is 0.297 e. The van der Waals surface area contributed by atoms with Gasteiger partial charge in [-0.2, -0.15) is 5.26 Å². The standard InChI is InChI=1S/C30H28FN5O3S/c1-17(2)26(35(11-10-32)29(37)20-6-4-18(3)5-7-20)28-34-25-23-13-21(31)8-9-24(23)39-27(25)30(38)36(28)15-22-12-19(14-33)16-40-22/h4-9,12-13,16-17,26H,10-11,15,32H2,1-3H3/t26-/m1/s1. The highest BCUT2D eigenvalue weighted by molar-refractivity contribution is 7.10. The van der Waals surface area contributed by atoms with Gasteiger partial charge in [0.15, 0.2) is 0 Å². The van der Waals surface area contributed by atoms with Crippen LogP contribution >= 0.6 is 11.3 Å². The number of hydrogen-bond acceptors (Lipinski definition) is 7. The summed E-state index contributed by atoms with van der Waals surface area (Å²) in [5.41, 5.74) is 8.11. The van der Waals surface area contributed by atoms with E-state index in [9.17, 15) is 19.2 Å². The molecule has 8 nitrogen and oxygen atoms in total. The second kappa shape index (κ2) is 11.0. The maximum atomic E-state index is 14.2. The average molecular weight is 558 g/mol. The largest absolute Gasteiger partial charge is 0.448 e. The second-order valence-electron chi connectivity index (χ2n) is 10.0. The summed E-state index contributed by atoms with van der Waals surface area (Å²) < 4.78 is 21.6. The van der Waals surface area contributed by atoms with Crippen LogP contribution in [0.25, 0.3) is 22.1 Å². The van der Waals surface area contributed by atoms with E-state index in [1.165, 1.54) is 34.1 Å². The van der Waals surface area contributed by atoms with Crippen LogP contribution in [-0.2, 0) is 6.54 Å². The Kier molecular flexibility index (Phi) is 7.52. The molecule has 3 heterocycles. The Labute approximate surface area is 234 Å². The minimum absolute atomic E-state index is 0.000783. The lowest BCUT2D eigenvalue weighted by Crippen LogP contribution is -2.43. The van der Waals surface area contributed by atoms with E-state index in [2.05, 4.69) is 6.07 Å². The van der Waals surface area contributed by atoms with Crippen molar-refractivity contribution < 1.29 is 13.6 Å². The fourth-order valence-corrected chi connectivity index (χ4v) is 5.73. The zero-order chi connectivity index (χ0) is 28.6. The normalized spacial score (nSPS) is 12.2. The van der Waals surface area contributed by atoms with Gasteiger partial charge in [-0.1, -0.05) is 31.5 Å². The van der Waals surface area contributed by atoms with Gasteiger partial charge in [-0.25, -0.2) is 9.37 Å². The zero-order valence-electron chi connectivity index (χ0n) is 22.3. The number of nitrogens with two attached hydrogens (primary N) is 1. The van der Waals surface area contributed by atoms with E-state index in [-0.39, 0.29) is 42.6 Å². The number of benzene rings is 2. The van der Waals surface area contributed by atoms with Gasteiger partial charge >= 0.3 is 0 Å². The van der Waals surface area contributed by atoms with E-state index >= 15 is 0 Å². The summed E-state index contributed by atoms with van der Waals surface area (Å²) in [6.45, 7) is 6.38. The number of carbonyl (C=O) groups excluding carboxylic acids is 1. The Hall–Kier alpha value is -4.33. The van der Waals surface area contributed by atoms with Crippen LogP contribution in [0.5, 0.6) is 0 Å². The van der Waals surface area contributed by atoms with Gasteiger partial charge in [-0.15, -0.1) is 11.3 Å². The van der Waals surface area contributed by atoms with Crippen LogP contribution in [-0.4, -0.2) is 33.4 Å². The van der Waals surface area contributed by atoms with Gasteiger partial charge in [0.05, 0.1) is 18.2 Å². The number of fused-ring (bicyclic) bond motifs is 3. The molecule has 0 aliphatic heterocycles. The maximum absolute atomic E-state index is 14.2. The van der Waals surface area contributed by atoms with Crippen molar-refractivity contribution in [3.8, 4) is 6.07 Å². The number of carbonyl (C=O) groups is 1. The number of furan rings is 1. The lowest BCUT2D eigenvalue weighted by Gasteiger charge is -2.35. The summed E-state index contributed by atoms with van der Waals surface area (Å²) in [5.74, 6) is -0.564. The summed E-state index contributed by atoms with van der Waals surface area (Å²) in [5, 5.41) is 11.4. The number of aryl methyl sites for hydroxylation is 1. The molecule has 2 aromatic carbocycles. The molecule has 5 rings (SSSR count). The molecule has 204 valence electrons. The van der Waals surface area contributed by atoms with Crippen molar-refractivity contribution in [2.75, 3.05) is 13.1 Å². The van der Waals surface area contributed by atoms with E-state index in [0.717, 1.165) is 10.4 Å². The molecular formula is C30H28FN5O3S. The molecule has 0 spiro atoms. The number of nitriles is 1. The van der Waals surface area contributed by atoms with Gasteiger partial charge in [0, 0.05) is 34.3 Å². The molecule has 0 aliphatic rings. The molecule has 3 aromatic heterocycles. The molecule has 0 aliphatic carbocycles. The molecule has 2 N–H and O–H groups in total. The molecule has 40 heavy (non-hydrogen) atoms. The SMILES string of the molecule is Cc1ccc(C(=O)N(CCN)[C@@H](c2nc3c(oc4ccc(F)cc43)c(=O)n2Cc2cc(C#N)cs2)C(C)C)cc1. The highest BCUT2D eigenvalue weighted by Gasteiger charge is 2.33. The number of amides is 1. The van der Waals surface area contributed by atoms with E-state index in [1.54, 1.807) is 28.5 Å². The summed E-state index contributed by atoms with van der Waals surface area (Å²) in [4.78, 5) is 35.2. The minimum Gasteiger partial charge on any atom is -0.448 e. The number of halogens is 1. The fourth-order valence-electron chi connectivity index (χ4n) is 4.94. The predicted molar refractivity (Wildman–Crippen MR) is 153 cm³/mol. The van der Waals surface area contributed by atoms with Crippen LogP contribution in [0, 0.1) is 30.0 Å². The summed E-state index contributed by atoms with van der Waals surface area (Å²) in [6, 6.07) is 14.5. The van der Waals surface area contributed by atoms with Crippen molar-refractivity contribution in [1.29, 1.82) is 5.26 Å². The van der Waals surface area contributed by atoms with Crippen LogP contribution in [0.2, 0.25) is 0 Å². The van der Waals surface area contributed by atoms with Crippen LogP contribution in [0.4, 0.5) is 4.39 Å². The van der Waals surface area contributed by atoms with E-state index in [4.69, 9.17) is 15.1 Å². The molecular weight excluding hydrogens is 529 g/mol. The Morgan fingerprint density at radius 1 is 1.23 bits per heavy atom. The van der Waals surface area contributed by atoms with Gasteiger partial charge < -0.3 is 15.1 Å². The average Bonchev–Trinajstić information content (AvgIpc) is 3.54. The molecule has 0 bridgehead atoms. The van der Waals surface area contributed by atoms with Gasteiger partial charge in [-0.05, 0) is 49.2 Å². The summed E-state index contributed by atoms with van der Waals surface area (Å²) in [6.07, 6.45) is 0. The Morgan fingerprint density at radius 2 is 1.98 bits per heavy atom. The van der Waals surface area contributed by atoms with Crippen LogP contribution in [0.15, 0.2) is 63.1 Å². The van der Waals surface area contributed by atoms with Crippen molar-refractivity contribution >= 4 is 39.3 Å². The molecule has 5 aromatic rings. The lowest BCUT2D eigenvalue weighted by molar-refractivity contribution is 0.0612. The van der Waals surface area contributed by atoms with E-state index < -0.39 is 17.4 Å². The van der Waals surface area contributed by atoms with Gasteiger partial charge in [0.25, 0.3) is 11.5 Å². The Morgan fingerprint density at radius 3 is 2.62 bits per heavy atom. The van der Waals surface area contributed by atoms with Gasteiger partial charge in [-0.3, -0.25) is 14.2 Å². The van der Waals surface area contributed by atoms with Gasteiger partial charge in [0.1, 0.15) is 28.8 Å². The number of thiophene rings is 1. The molecule has 1 amide bonds. The topological polar surface area (TPSA) is 118 Å². The molecule has 0 saturated heterocycles. The molecule has 10 heteroatoms.